The molecule has 0 radical (unpaired) electrons. The third kappa shape index (κ3) is 4.76. The molecule has 0 spiro atoms. The van der Waals surface area contributed by atoms with Crippen LogP contribution < -0.4 is 10.9 Å². The lowest BCUT2D eigenvalue weighted by atomic mass is 10.1. The van der Waals surface area contributed by atoms with Crippen LogP contribution in [0.2, 0.25) is 5.02 Å². The van der Waals surface area contributed by atoms with Crippen molar-refractivity contribution in [3.05, 3.63) is 33.6 Å². The first-order valence-corrected chi connectivity index (χ1v) is 9.71. The van der Waals surface area contributed by atoms with E-state index >= 15 is 0 Å². The predicted molar refractivity (Wildman–Crippen MR) is 105 cm³/mol. The van der Waals surface area contributed by atoms with Gasteiger partial charge in [-0.1, -0.05) is 37.2 Å². The van der Waals surface area contributed by atoms with Crippen molar-refractivity contribution in [3.63, 3.8) is 0 Å². The fourth-order valence-corrected chi connectivity index (χ4v) is 3.41. The summed E-state index contributed by atoms with van der Waals surface area (Å²) < 4.78 is 1.63. The van der Waals surface area contributed by atoms with E-state index in [1.807, 2.05) is 20.8 Å². The van der Waals surface area contributed by atoms with Crippen LogP contribution in [0.1, 0.15) is 40.7 Å². The summed E-state index contributed by atoms with van der Waals surface area (Å²) in [6, 6.07) is 5.10. The van der Waals surface area contributed by atoms with Crippen molar-refractivity contribution in [2.75, 3.05) is 5.75 Å². The number of benzene rings is 1. The zero-order chi connectivity index (χ0) is 18.7. The van der Waals surface area contributed by atoms with Gasteiger partial charge in [-0.25, -0.2) is 4.98 Å². The summed E-state index contributed by atoms with van der Waals surface area (Å²) in [7, 11) is 0. The zero-order valence-electron chi connectivity index (χ0n) is 15.2. The van der Waals surface area contributed by atoms with E-state index in [-0.39, 0.29) is 29.3 Å². The van der Waals surface area contributed by atoms with Gasteiger partial charge in [-0.3, -0.25) is 14.2 Å². The van der Waals surface area contributed by atoms with Gasteiger partial charge in [0.1, 0.15) is 0 Å². The van der Waals surface area contributed by atoms with Gasteiger partial charge >= 0.3 is 0 Å². The third-order valence-electron chi connectivity index (χ3n) is 4.07. The minimum absolute atomic E-state index is 0.0553. The van der Waals surface area contributed by atoms with Gasteiger partial charge in [-0.15, -0.1) is 0 Å². The summed E-state index contributed by atoms with van der Waals surface area (Å²) in [5.41, 5.74) is 0.433. The molecule has 2 rings (SSSR count). The Morgan fingerprint density at radius 2 is 1.96 bits per heavy atom. The number of hydrogen-bond acceptors (Lipinski definition) is 4. The number of fused-ring (bicyclic) bond motifs is 1. The van der Waals surface area contributed by atoms with Gasteiger partial charge in [0, 0.05) is 17.1 Å². The van der Waals surface area contributed by atoms with E-state index in [0.717, 1.165) is 0 Å². The number of carbonyl (C=O) groups is 1. The number of rotatable bonds is 6. The molecule has 1 aromatic heterocycles. The van der Waals surface area contributed by atoms with Crippen molar-refractivity contribution in [2.24, 2.45) is 5.92 Å². The topological polar surface area (TPSA) is 64.0 Å². The fraction of sp³-hybridized carbons (Fsp3) is 0.500. The van der Waals surface area contributed by atoms with Crippen molar-refractivity contribution in [1.29, 1.82) is 0 Å². The van der Waals surface area contributed by atoms with Gasteiger partial charge in [0.05, 0.1) is 16.7 Å². The second-order valence-corrected chi connectivity index (χ2v) is 8.09. The first-order chi connectivity index (χ1) is 11.7. The van der Waals surface area contributed by atoms with Gasteiger partial charge in [-0.2, -0.15) is 0 Å². The average Bonchev–Trinajstić information content (AvgIpc) is 2.51. The van der Waals surface area contributed by atoms with Crippen LogP contribution in [0.4, 0.5) is 0 Å². The molecule has 1 aromatic carbocycles. The third-order valence-corrected chi connectivity index (χ3v) is 5.26. The van der Waals surface area contributed by atoms with Crippen molar-refractivity contribution < 1.29 is 4.79 Å². The first kappa shape index (κ1) is 19.8. The van der Waals surface area contributed by atoms with Crippen LogP contribution in [0.25, 0.3) is 10.9 Å². The van der Waals surface area contributed by atoms with Crippen LogP contribution in [0.3, 0.4) is 0 Å². The molecule has 0 unspecified atom stereocenters. The Bertz CT molecular complexity index is 833. The minimum atomic E-state index is -0.116. The maximum Gasteiger partial charge on any atom is 0.262 e. The molecule has 1 N–H and O–H groups in total. The normalized spacial score (nSPS) is 12.8. The Balaban J connectivity index is 2.31. The number of nitrogens with zero attached hydrogens (tertiary/aromatic N) is 2. The molecule has 0 saturated heterocycles. The molecule has 0 fully saturated rings. The number of amides is 1. The van der Waals surface area contributed by atoms with E-state index in [2.05, 4.69) is 24.1 Å². The summed E-state index contributed by atoms with van der Waals surface area (Å²) in [5.74, 6) is 0.508. The maximum absolute atomic E-state index is 12.8. The Morgan fingerprint density at radius 1 is 1.28 bits per heavy atom. The van der Waals surface area contributed by atoms with Gasteiger partial charge < -0.3 is 5.32 Å². The van der Waals surface area contributed by atoms with Gasteiger partial charge in [0.2, 0.25) is 5.91 Å². The number of nitrogens with one attached hydrogen (secondary N) is 1. The van der Waals surface area contributed by atoms with E-state index in [4.69, 9.17) is 11.6 Å². The Morgan fingerprint density at radius 3 is 2.56 bits per heavy atom. The maximum atomic E-state index is 12.8. The fourth-order valence-electron chi connectivity index (χ4n) is 2.30. The average molecular weight is 382 g/mol. The van der Waals surface area contributed by atoms with Crippen LogP contribution in [-0.2, 0) is 4.79 Å². The molecule has 1 amide bonds. The van der Waals surface area contributed by atoms with Crippen LogP contribution in [0.15, 0.2) is 28.2 Å². The Hall–Kier alpha value is -1.53. The van der Waals surface area contributed by atoms with Gasteiger partial charge in [0.15, 0.2) is 5.16 Å². The molecule has 0 aliphatic rings. The summed E-state index contributed by atoms with van der Waals surface area (Å²) >= 11 is 7.29. The molecule has 1 atom stereocenters. The molecule has 2 aromatic rings. The molecule has 136 valence electrons. The zero-order valence-corrected chi connectivity index (χ0v) is 16.7. The Kier molecular flexibility index (Phi) is 6.52. The quantitative estimate of drug-likeness (QED) is 0.609. The van der Waals surface area contributed by atoms with Crippen molar-refractivity contribution >= 4 is 40.2 Å². The van der Waals surface area contributed by atoms with Crippen molar-refractivity contribution in [1.82, 2.24) is 14.9 Å². The highest BCUT2D eigenvalue weighted by molar-refractivity contribution is 7.99. The van der Waals surface area contributed by atoms with Gasteiger partial charge in [-0.05, 0) is 44.9 Å². The van der Waals surface area contributed by atoms with Crippen molar-refractivity contribution in [3.8, 4) is 0 Å². The van der Waals surface area contributed by atoms with E-state index in [9.17, 15) is 9.59 Å². The summed E-state index contributed by atoms with van der Waals surface area (Å²) in [6.45, 7) is 9.95. The monoisotopic (exact) mass is 381 g/mol. The lowest BCUT2D eigenvalue weighted by molar-refractivity contribution is -0.119. The van der Waals surface area contributed by atoms with Crippen LogP contribution >= 0.6 is 23.4 Å². The minimum Gasteiger partial charge on any atom is -0.353 e. The van der Waals surface area contributed by atoms with Crippen molar-refractivity contribution in [2.45, 2.75) is 51.9 Å². The van der Waals surface area contributed by atoms with E-state index in [1.54, 1.807) is 22.8 Å². The largest absolute Gasteiger partial charge is 0.353 e. The SMILES string of the molecule is CC(C)[C@H](C)NC(=O)CSc1nc2cc(Cl)ccc2c(=O)n1C(C)C. The number of halogens is 1. The lowest BCUT2D eigenvalue weighted by Crippen LogP contribution is -2.37. The highest BCUT2D eigenvalue weighted by Crippen LogP contribution is 2.22. The second kappa shape index (κ2) is 8.23. The molecule has 0 aliphatic heterocycles. The predicted octanol–water partition coefficient (Wildman–Crippen LogP) is 3.88. The molecular weight excluding hydrogens is 358 g/mol. The molecule has 0 saturated carbocycles. The molecule has 0 aliphatic carbocycles. The second-order valence-electron chi connectivity index (χ2n) is 6.71. The number of aromatic nitrogens is 2. The smallest absolute Gasteiger partial charge is 0.262 e. The van der Waals surface area contributed by atoms with Crippen LogP contribution in [-0.4, -0.2) is 27.3 Å². The summed E-state index contributed by atoms with van der Waals surface area (Å²) in [6.07, 6.45) is 0. The van der Waals surface area contributed by atoms with E-state index < -0.39 is 0 Å². The lowest BCUT2D eigenvalue weighted by Gasteiger charge is -2.18. The molecule has 7 heteroatoms. The van der Waals surface area contributed by atoms with Crippen LogP contribution in [0.5, 0.6) is 0 Å². The molecule has 25 heavy (non-hydrogen) atoms. The number of thioether (sulfide) groups is 1. The van der Waals surface area contributed by atoms with E-state index in [1.165, 1.54) is 11.8 Å². The van der Waals surface area contributed by atoms with Crippen LogP contribution in [0, 0.1) is 5.92 Å². The van der Waals surface area contributed by atoms with Gasteiger partial charge in [0.25, 0.3) is 5.56 Å². The highest BCUT2D eigenvalue weighted by Gasteiger charge is 2.17. The molecular formula is C18H24ClN3O2S. The summed E-state index contributed by atoms with van der Waals surface area (Å²) in [5, 5.41) is 4.55. The standard InChI is InChI=1S/C18H24ClN3O2S/c1-10(2)12(5)20-16(23)9-25-18-21-15-8-13(19)6-7-14(15)17(24)22(18)11(3)4/h6-8,10-12H,9H2,1-5H3,(H,20,23)/t12-/m0/s1. The Labute approximate surface area is 157 Å². The highest BCUT2D eigenvalue weighted by atomic mass is 35.5. The molecule has 5 nitrogen and oxygen atoms in total. The summed E-state index contributed by atoms with van der Waals surface area (Å²) in [4.78, 5) is 29.5. The number of hydrogen-bond donors (Lipinski definition) is 1. The molecule has 0 bridgehead atoms. The van der Waals surface area contributed by atoms with E-state index in [0.29, 0.717) is 27.0 Å². The molecule has 1 heterocycles. The first-order valence-electron chi connectivity index (χ1n) is 8.34. The number of carbonyl (C=O) groups excluding carboxylic acids is 1.